The average Bonchev–Trinajstić information content (AvgIpc) is 2.74. The number of ether oxygens (including phenoxy) is 1. The van der Waals surface area contributed by atoms with E-state index in [4.69, 9.17) is 4.74 Å². The van der Waals surface area contributed by atoms with Crippen molar-refractivity contribution in [2.75, 3.05) is 20.2 Å². The summed E-state index contributed by atoms with van der Waals surface area (Å²) < 4.78 is 6.81. The number of para-hydroxylation sites is 3. The predicted molar refractivity (Wildman–Crippen MR) is 110 cm³/mol. The fourth-order valence-corrected chi connectivity index (χ4v) is 2.84. The highest BCUT2D eigenvalue weighted by Crippen LogP contribution is 2.22. The van der Waals surface area contributed by atoms with Crippen LogP contribution in [0, 0.1) is 17.0 Å². The number of carbonyl (C=O) groups excluding carboxylic acids is 1. The van der Waals surface area contributed by atoms with Gasteiger partial charge in [-0.1, -0.05) is 30.3 Å². The summed E-state index contributed by atoms with van der Waals surface area (Å²) >= 11 is 0. The molecule has 0 N–H and O–H groups in total. The number of hydrogen-bond acceptors (Lipinski definition) is 6. The van der Waals surface area contributed by atoms with Crippen LogP contribution in [0.25, 0.3) is 5.69 Å². The highest BCUT2D eigenvalue weighted by molar-refractivity contribution is 5.91. The first kappa shape index (κ1) is 20.7. The molecule has 0 spiro atoms. The van der Waals surface area contributed by atoms with Crippen LogP contribution in [0.3, 0.4) is 0 Å². The number of nitrogens with zero attached hydrogens (tertiary/aromatic N) is 4. The van der Waals surface area contributed by atoms with Crippen molar-refractivity contribution < 1.29 is 14.5 Å². The Hall–Kier alpha value is -4.01. The van der Waals surface area contributed by atoms with Crippen LogP contribution in [-0.2, 0) is 0 Å². The van der Waals surface area contributed by atoms with Crippen LogP contribution in [0.5, 0.6) is 5.75 Å². The van der Waals surface area contributed by atoms with E-state index in [1.54, 1.807) is 25.1 Å². The van der Waals surface area contributed by atoms with E-state index in [-0.39, 0.29) is 30.2 Å². The lowest BCUT2D eigenvalue weighted by molar-refractivity contribution is -0.384. The maximum Gasteiger partial charge on any atom is 0.294 e. The number of benzene rings is 2. The largest absolute Gasteiger partial charge is 0.492 e. The fraction of sp³-hybridized carbons (Fsp3) is 0.190. The molecule has 0 aliphatic carbocycles. The molecule has 3 aromatic rings. The van der Waals surface area contributed by atoms with E-state index in [2.05, 4.69) is 5.10 Å². The number of amides is 1. The SMILES string of the molecule is Cc1cc(=O)c(C(=O)N(C)CCOc2ccccc2)nn1-c1ccccc1[N+](=O)[O-]. The van der Waals surface area contributed by atoms with Gasteiger partial charge in [0.15, 0.2) is 5.69 Å². The molecular formula is C21H20N4O5. The Bertz CT molecular complexity index is 1130. The molecule has 9 heteroatoms. The molecule has 0 aliphatic heterocycles. The van der Waals surface area contributed by atoms with Crippen LogP contribution < -0.4 is 10.2 Å². The molecule has 1 heterocycles. The second-order valence-electron chi connectivity index (χ2n) is 6.54. The monoisotopic (exact) mass is 408 g/mol. The lowest BCUT2D eigenvalue weighted by Gasteiger charge is -2.18. The molecule has 0 aliphatic rings. The van der Waals surface area contributed by atoms with Crippen molar-refractivity contribution in [1.29, 1.82) is 0 Å². The van der Waals surface area contributed by atoms with E-state index in [0.29, 0.717) is 11.4 Å². The number of aryl methyl sites for hydroxylation is 1. The number of nitro groups is 1. The number of carbonyl (C=O) groups is 1. The van der Waals surface area contributed by atoms with Gasteiger partial charge in [-0.15, -0.1) is 0 Å². The Morgan fingerprint density at radius 3 is 2.53 bits per heavy atom. The summed E-state index contributed by atoms with van der Waals surface area (Å²) in [6.45, 7) is 2.06. The fourth-order valence-electron chi connectivity index (χ4n) is 2.84. The minimum absolute atomic E-state index is 0.170. The molecule has 0 saturated carbocycles. The Morgan fingerprint density at radius 1 is 1.17 bits per heavy atom. The lowest BCUT2D eigenvalue weighted by atomic mass is 10.2. The minimum Gasteiger partial charge on any atom is -0.492 e. The normalized spacial score (nSPS) is 10.5. The van der Waals surface area contributed by atoms with E-state index < -0.39 is 16.3 Å². The molecule has 3 rings (SSSR count). The molecule has 2 aromatic carbocycles. The van der Waals surface area contributed by atoms with Crippen molar-refractivity contribution in [3.05, 3.63) is 92.4 Å². The van der Waals surface area contributed by atoms with Gasteiger partial charge in [0.1, 0.15) is 18.0 Å². The maximum absolute atomic E-state index is 12.8. The maximum atomic E-state index is 12.8. The van der Waals surface area contributed by atoms with E-state index in [1.807, 2.05) is 18.2 Å². The van der Waals surface area contributed by atoms with Gasteiger partial charge in [0, 0.05) is 24.9 Å². The molecule has 0 fully saturated rings. The Morgan fingerprint density at radius 2 is 1.83 bits per heavy atom. The smallest absolute Gasteiger partial charge is 0.294 e. The molecule has 9 nitrogen and oxygen atoms in total. The van der Waals surface area contributed by atoms with Gasteiger partial charge in [-0.2, -0.15) is 5.10 Å². The molecule has 30 heavy (non-hydrogen) atoms. The van der Waals surface area contributed by atoms with Crippen LogP contribution in [0.2, 0.25) is 0 Å². The molecule has 0 radical (unpaired) electrons. The van der Waals surface area contributed by atoms with Crippen LogP contribution in [-0.4, -0.2) is 45.7 Å². The van der Waals surface area contributed by atoms with Crippen LogP contribution >= 0.6 is 0 Å². The molecule has 0 unspecified atom stereocenters. The number of hydrogen-bond donors (Lipinski definition) is 0. The van der Waals surface area contributed by atoms with Gasteiger partial charge in [-0.05, 0) is 25.1 Å². The number of rotatable bonds is 7. The van der Waals surface area contributed by atoms with Gasteiger partial charge >= 0.3 is 0 Å². The highest BCUT2D eigenvalue weighted by atomic mass is 16.6. The number of nitro benzene ring substituents is 1. The van der Waals surface area contributed by atoms with Crippen LogP contribution in [0.1, 0.15) is 16.2 Å². The van der Waals surface area contributed by atoms with Crippen molar-refractivity contribution in [2.45, 2.75) is 6.92 Å². The number of aromatic nitrogens is 2. The Balaban J connectivity index is 1.84. The first-order valence-corrected chi connectivity index (χ1v) is 9.16. The molecular weight excluding hydrogens is 388 g/mol. The van der Waals surface area contributed by atoms with Crippen molar-refractivity contribution in [3.8, 4) is 11.4 Å². The van der Waals surface area contributed by atoms with E-state index in [9.17, 15) is 19.7 Å². The zero-order valence-corrected chi connectivity index (χ0v) is 16.5. The van der Waals surface area contributed by atoms with Gasteiger partial charge in [0.25, 0.3) is 11.6 Å². The first-order valence-electron chi connectivity index (χ1n) is 9.16. The third kappa shape index (κ3) is 4.52. The number of likely N-dealkylation sites (N-methyl/N-ethyl adjacent to an activating group) is 1. The highest BCUT2D eigenvalue weighted by Gasteiger charge is 2.22. The van der Waals surface area contributed by atoms with Crippen molar-refractivity contribution in [2.24, 2.45) is 0 Å². The van der Waals surface area contributed by atoms with Crippen molar-refractivity contribution >= 4 is 11.6 Å². The van der Waals surface area contributed by atoms with Gasteiger partial charge in [0.05, 0.1) is 11.5 Å². The van der Waals surface area contributed by atoms with Gasteiger partial charge in [-0.3, -0.25) is 19.7 Å². The Kier molecular flexibility index (Phi) is 6.21. The second kappa shape index (κ2) is 8.99. The lowest BCUT2D eigenvalue weighted by Crippen LogP contribution is -2.36. The molecule has 0 saturated heterocycles. The molecule has 1 aromatic heterocycles. The van der Waals surface area contributed by atoms with Crippen LogP contribution in [0.4, 0.5) is 5.69 Å². The van der Waals surface area contributed by atoms with Crippen molar-refractivity contribution in [3.63, 3.8) is 0 Å². The summed E-state index contributed by atoms with van der Waals surface area (Å²) in [7, 11) is 1.53. The zero-order valence-electron chi connectivity index (χ0n) is 16.5. The standard InChI is InChI=1S/C21H20N4O5/c1-15-14-19(26)20(22-24(15)17-10-6-7-11-18(17)25(28)29)21(27)23(2)12-13-30-16-8-4-3-5-9-16/h3-11,14H,12-13H2,1-2H3. The van der Waals surface area contributed by atoms with E-state index in [1.165, 1.54) is 40.9 Å². The summed E-state index contributed by atoms with van der Waals surface area (Å²) in [6.07, 6.45) is 0. The van der Waals surface area contributed by atoms with Crippen LogP contribution in [0.15, 0.2) is 65.5 Å². The summed E-state index contributed by atoms with van der Waals surface area (Å²) in [5, 5.41) is 15.5. The van der Waals surface area contributed by atoms with Crippen molar-refractivity contribution in [1.82, 2.24) is 14.7 Å². The molecule has 154 valence electrons. The predicted octanol–water partition coefficient (Wildman–Crippen LogP) is 2.60. The quantitative estimate of drug-likeness (QED) is 0.439. The summed E-state index contributed by atoms with van der Waals surface area (Å²) in [6, 6.07) is 16.4. The third-order valence-corrected chi connectivity index (χ3v) is 4.40. The summed E-state index contributed by atoms with van der Waals surface area (Å²) in [5.41, 5.74) is -0.506. The third-order valence-electron chi connectivity index (χ3n) is 4.40. The zero-order chi connectivity index (χ0) is 21.7. The summed E-state index contributed by atoms with van der Waals surface area (Å²) in [4.78, 5) is 37.3. The van der Waals surface area contributed by atoms with Gasteiger partial charge in [0.2, 0.25) is 5.43 Å². The second-order valence-corrected chi connectivity index (χ2v) is 6.54. The molecule has 0 bridgehead atoms. The van der Waals surface area contributed by atoms with Gasteiger partial charge in [-0.25, -0.2) is 4.68 Å². The molecule has 1 amide bonds. The van der Waals surface area contributed by atoms with Gasteiger partial charge < -0.3 is 9.64 Å². The Labute approximate surface area is 172 Å². The van der Waals surface area contributed by atoms with E-state index >= 15 is 0 Å². The summed E-state index contributed by atoms with van der Waals surface area (Å²) in [5.74, 6) is 0.0783. The first-order chi connectivity index (χ1) is 14.4. The minimum atomic E-state index is -0.594. The molecule has 0 atom stereocenters. The topological polar surface area (TPSA) is 108 Å². The average molecular weight is 408 g/mol. The van der Waals surface area contributed by atoms with E-state index in [0.717, 1.165) is 0 Å².